The number of carbonyl (C=O) groups is 3. The first-order chi connectivity index (χ1) is 26.7. The molecule has 3 amide bonds. The van der Waals surface area contributed by atoms with E-state index in [1.54, 1.807) is 12.1 Å². The second-order valence-corrected chi connectivity index (χ2v) is 15.5. The Morgan fingerprint density at radius 1 is 0.964 bits per heavy atom. The van der Waals surface area contributed by atoms with Gasteiger partial charge in [-0.25, -0.2) is 4.98 Å². The van der Waals surface area contributed by atoms with Crippen LogP contribution in [0.1, 0.15) is 90.4 Å². The Labute approximate surface area is 319 Å². The lowest BCUT2D eigenvalue weighted by Crippen LogP contribution is -2.48. The number of hydrogen-bond donors (Lipinski definition) is 3. The third-order valence-electron chi connectivity index (χ3n) is 11.3. The van der Waals surface area contributed by atoms with Crippen molar-refractivity contribution >= 4 is 40.6 Å². The van der Waals surface area contributed by atoms with E-state index in [2.05, 4.69) is 60.7 Å². The molecule has 1 aromatic carbocycles. The number of fused-ring (bicyclic) bond motifs is 3. The van der Waals surface area contributed by atoms with Gasteiger partial charge in [-0.3, -0.25) is 24.0 Å². The number of para-hydroxylation sites is 1. The molecule has 15 nitrogen and oxygen atoms in total. The maximum atomic E-state index is 13.3. The first-order valence-corrected chi connectivity index (χ1v) is 19.5. The van der Waals surface area contributed by atoms with Crippen LogP contribution in [0.2, 0.25) is 0 Å². The molecule has 55 heavy (non-hydrogen) atoms. The Balaban J connectivity index is 0.943. The SMILES string of the molecule is CCC1c2c(cnn2C2CN(Cc3cccc(C(=O)N4CCO[C@H](C)C4)n3)C2)-c2cccc(Nc3cc(NC(=O)C4CC4)nnc3C(=O)NC3CC3)c2N1C. The van der Waals surface area contributed by atoms with Crippen LogP contribution in [0.15, 0.2) is 48.7 Å². The molecule has 5 aliphatic rings. The average molecular weight is 746 g/mol. The highest BCUT2D eigenvalue weighted by Crippen LogP contribution is 2.50. The van der Waals surface area contributed by atoms with E-state index >= 15 is 0 Å². The number of nitrogens with one attached hydrogen (secondary N) is 3. The monoisotopic (exact) mass is 745 g/mol. The van der Waals surface area contributed by atoms with Gasteiger partial charge in [0.15, 0.2) is 11.5 Å². The van der Waals surface area contributed by atoms with E-state index in [0.717, 1.165) is 73.4 Å². The fourth-order valence-electron chi connectivity index (χ4n) is 8.07. The highest BCUT2D eigenvalue weighted by atomic mass is 16.5. The van der Waals surface area contributed by atoms with E-state index in [1.807, 2.05) is 42.3 Å². The van der Waals surface area contributed by atoms with E-state index < -0.39 is 0 Å². The summed E-state index contributed by atoms with van der Waals surface area (Å²) in [7, 11) is 2.11. The first-order valence-electron chi connectivity index (χ1n) is 19.5. The van der Waals surface area contributed by atoms with E-state index in [1.165, 1.54) is 5.69 Å². The largest absolute Gasteiger partial charge is 0.375 e. The van der Waals surface area contributed by atoms with Gasteiger partial charge in [-0.2, -0.15) is 5.10 Å². The van der Waals surface area contributed by atoms with Crippen LogP contribution in [0.25, 0.3) is 11.1 Å². The van der Waals surface area contributed by atoms with Gasteiger partial charge in [0.25, 0.3) is 11.8 Å². The Kier molecular flexibility index (Phi) is 9.21. The van der Waals surface area contributed by atoms with E-state index in [9.17, 15) is 14.4 Å². The van der Waals surface area contributed by atoms with Crippen LogP contribution in [0.3, 0.4) is 0 Å². The number of carbonyl (C=O) groups excluding carboxylic acids is 3. The third kappa shape index (κ3) is 7.02. The van der Waals surface area contributed by atoms with Crippen molar-refractivity contribution in [3.8, 4) is 11.1 Å². The van der Waals surface area contributed by atoms with Crippen molar-refractivity contribution in [2.24, 2.45) is 5.92 Å². The van der Waals surface area contributed by atoms with Crippen molar-refractivity contribution in [3.63, 3.8) is 0 Å². The summed E-state index contributed by atoms with van der Waals surface area (Å²) in [6, 6.07) is 13.9. The highest BCUT2D eigenvalue weighted by Gasteiger charge is 2.39. The van der Waals surface area contributed by atoms with Gasteiger partial charge in [0, 0.05) is 68.9 Å². The molecule has 4 fully saturated rings. The lowest BCUT2D eigenvalue weighted by Gasteiger charge is -2.43. The topological polar surface area (TPSA) is 163 Å². The predicted octanol–water partition coefficient (Wildman–Crippen LogP) is 4.54. The summed E-state index contributed by atoms with van der Waals surface area (Å²) in [5, 5.41) is 22.9. The minimum atomic E-state index is -0.292. The normalized spacial score (nSPS) is 21.0. The molecule has 3 aliphatic heterocycles. The number of morpholine rings is 1. The van der Waals surface area contributed by atoms with Crippen molar-refractivity contribution in [1.29, 1.82) is 0 Å². The molecule has 0 radical (unpaired) electrons. The van der Waals surface area contributed by atoms with Crippen molar-refractivity contribution < 1.29 is 19.1 Å². The number of rotatable bonds is 11. The zero-order chi connectivity index (χ0) is 37.8. The van der Waals surface area contributed by atoms with E-state index in [-0.39, 0.29) is 53.6 Å². The second kappa shape index (κ2) is 14.3. The Morgan fingerprint density at radius 2 is 1.78 bits per heavy atom. The number of benzene rings is 1. The van der Waals surface area contributed by atoms with Crippen LogP contribution < -0.4 is 20.9 Å². The minimum Gasteiger partial charge on any atom is -0.375 e. The summed E-state index contributed by atoms with van der Waals surface area (Å²) in [5.41, 5.74) is 7.15. The molecule has 1 unspecified atom stereocenters. The second-order valence-electron chi connectivity index (χ2n) is 15.5. The molecule has 2 atom stereocenters. The standard InChI is InChI=1S/C40H47N11O4/c1-4-33-37-29(18-41-51(37)27-21-49(22-27)20-26-7-5-10-31(42-26)40(54)50-15-16-55-23(2)19-50)28-8-6-9-30(36(28)48(33)3)44-32-17-34(45-38(52)24-11-12-24)46-47-35(32)39(53)43-25-13-14-25/h5-10,17-18,23-25,27,33H,4,11-16,19-22H2,1-3H3,(H,43,53)(H2,44,45,46,52)/t23-,33?/m1/s1. The number of likely N-dealkylation sites (tertiary alicyclic amines) is 1. The maximum absolute atomic E-state index is 13.3. The van der Waals surface area contributed by atoms with Gasteiger partial charge in [-0.15, -0.1) is 10.2 Å². The summed E-state index contributed by atoms with van der Waals surface area (Å²) in [6.07, 6.45) is 6.50. The molecule has 2 aliphatic carbocycles. The van der Waals surface area contributed by atoms with Gasteiger partial charge >= 0.3 is 0 Å². The van der Waals surface area contributed by atoms with Crippen LogP contribution in [-0.2, 0) is 16.1 Å². The molecular formula is C40H47N11O4. The molecule has 3 N–H and O–H groups in total. The van der Waals surface area contributed by atoms with Crippen LogP contribution in [0, 0.1) is 5.92 Å². The molecule has 0 spiro atoms. The van der Waals surface area contributed by atoms with Crippen LogP contribution in [0.5, 0.6) is 0 Å². The number of amides is 3. The molecule has 286 valence electrons. The number of pyridine rings is 1. The fraction of sp³-hybridized carbons (Fsp3) is 0.475. The number of ether oxygens (including phenoxy) is 1. The smallest absolute Gasteiger partial charge is 0.274 e. The average Bonchev–Trinajstić information content (AvgIpc) is 4.12. The number of hydrogen-bond acceptors (Lipinski definition) is 11. The summed E-state index contributed by atoms with van der Waals surface area (Å²) in [6.45, 7) is 8.18. The summed E-state index contributed by atoms with van der Waals surface area (Å²) in [4.78, 5) is 50.3. The summed E-state index contributed by atoms with van der Waals surface area (Å²) in [5.74, 6) is -0.0988. The summed E-state index contributed by atoms with van der Waals surface area (Å²) < 4.78 is 7.82. The molecule has 0 bridgehead atoms. The molecule has 4 aromatic rings. The van der Waals surface area contributed by atoms with Gasteiger partial charge in [0.2, 0.25) is 5.91 Å². The molecule has 6 heterocycles. The number of aromatic nitrogens is 5. The van der Waals surface area contributed by atoms with Gasteiger partial charge < -0.3 is 30.5 Å². The van der Waals surface area contributed by atoms with Gasteiger partial charge in [0.05, 0.1) is 59.4 Å². The van der Waals surface area contributed by atoms with Crippen molar-refractivity contribution in [3.05, 3.63) is 71.4 Å². The van der Waals surface area contributed by atoms with Gasteiger partial charge in [-0.1, -0.05) is 25.1 Å². The van der Waals surface area contributed by atoms with Crippen LogP contribution >= 0.6 is 0 Å². The Bertz CT molecular complexity index is 2140. The molecule has 9 rings (SSSR count). The summed E-state index contributed by atoms with van der Waals surface area (Å²) >= 11 is 0. The van der Waals surface area contributed by atoms with Crippen LogP contribution in [0.4, 0.5) is 22.9 Å². The zero-order valence-corrected chi connectivity index (χ0v) is 31.5. The van der Waals surface area contributed by atoms with E-state index in [0.29, 0.717) is 43.4 Å². The molecule has 2 saturated carbocycles. The molecule has 3 aromatic heterocycles. The quantitative estimate of drug-likeness (QED) is 0.198. The Hall–Kier alpha value is -5.41. The number of anilines is 4. The zero-order valence-electron chi connectivity index (χ0n) is 31.5. The van der Waals surface area contributed by atoms with Gasteiger partial charge in [-0.05, 0) is 57.2 Å². The number of nitrogens with zero attached hydrogens (tertiary/aromatic N) is 8. The molecular weight excluding hydrogens is 699 g/mol. The van der Waals surface area contributed by atoms with Crippen molar-refractivity contribution in [2.75, 3.05) is 55.4 Å². The van der Waals surface area contributed by atoms with E-state index in [4.69, 9.17) is 14.8 Å². The van der Waals surface area contributed by atoms with Crippen molar-refractivity contribution in [2.45, 2.75) is 76.7 Å². The minimum absolute atomic E-state index is 0.00544. The highest BCUT2D eigenvalue weighted by molar-refractivity contribution is 6.01. The molecule has 2 saturated heterocycles. The molecule has 15 heteroatoms. The fourth-order valence-corrected chi connectivity index (χ4v) is 8.07. The van der Waals surface area contributed by atoms with Crippen molar-refractivity contribution in [1.82, 2.24) is 40.1 Å². The maximum Gasteiger partial charge on any atom is 0.274 e. The van der Waals surface area contributed by atoms with Crippen LogP contribution in [-0.4, -0.2) is 104 Å². The first kappa shape index (κ1) is 35.3. The third-order valence-corrected chi connectivity index (χ3v) is 11.3. The lowest BCUT2D eigenvalue weighted by atomic mass is 9.91. The van der Waals surface area contributed by atoms with Gasteiger partial charge in [0.1, 0.15) is 5.69 Å². The predicted molar refractivity (Wildman–Crippen MR) is 206 cm³/mol. The Morgan fingerprint density at radius 3 is 2.55 bits per heavy atom. The lowest BCUT2D eigenvalue weighted by molar-refractivity contribution is -0.117.